The van der Waals surface area contributed by atoms with Crippen LogP contribution in [0.1, 0.15) is 26.5 Å². The highest BCUT2D eigenvalue weighted by molar-refractivity contribution is 7.89. The van der Waals surface area contributed by atoms with E-state index in [1.165, 1.54) is 6.07 Å². The van der Waals surface area contributed by atoms with Gasteiger partial charge in [-0.25, -0.2) is 13.1 Å². The van der Waals surface area contributed by atoms with Gasteiger partial charge in [0.15, 0.2) is 0 Å². The summed E-state index contributed by atoms with van der Waals surface area (Å²) >= 11 is 0. The van der Waals surface area contributed by atoms with Gasteiger partial charge >= 0.3 is 0 Å². The molecule has 1 atom stereocenters. The quantitative estimate of drug-likeness (QED) is 0.685. The Morgan fingerprint density at radius 1 is 1.24 bits per heavy atom. The minimum absolute atomic E-state index is 0.0477. The first-order valence-corrected chi connectivity index (χ1v) is 8.61. The fraction of sp³-hybridized carbons (Fsp3) is 0.714. The first kappa shape index (κ1) is 18.2. The Balaban J connectivity index is 2.53. The van der Waals surface area contributed by atoms with E-state index in [2.05, 4.69) is 23.9 Å². The van der Waals surface area contributed by atoms with Crippen molar-refractivity contribution in [3.63, 3.8) is 0 Å². The smallest absolute Gasteiger partial charge is 0.273 e. The van der Waals surface area contributed by atoms with Gasteiger partial charge in [0.2, 0.25) is 5.09 Å². The minimum atomic E-state index is -3.59. The van der Waals surface area contributed by atoms with Crippen LogP contribution >= 0.6 is 0 Å². The van der Waals surface area contributed by atoms with Crippen LogP contribution in [0.15, 0.2) is 21.6 Å². The van der Waals surface area contributed by atoms with Gasteiger partial charge in [0.05, 0.1) is 6.54 Å². The molecule has 0 aliphatic carbocycles. The number of furan rings is 1. The fourth-order valence-electron chi connectivity index (χ4n) is 1.75. The number of hydrogen-bond acceptors (Lipinski definition) is 5. The van der Waals surface area contributed by atoms with Crippen molar-refractivity contribution < 1.29 is 17.6 Å². The van der Waals surface area contributed by atoms with Gasteiger partial charge < -0.3 is 14.5 Å². The second-order valence-corrected chi connectivity index (χ2v) is 7.36. The highest BCUT2D eigenvalue weighted by Gasteiger charge is 2.19. The summed E-state index contributed by atoms with van der Waals surface area (Å²) in [6.07, 6.45) is 0. The van der Waals surface area contributed by atoms with Crippen LogP contribution in [-0.4, -0.2) is 35.2 Å². The van der Waals surface area contributed by atoms with E-state index in [9.17, 15) is 8.42 Å². The van der Waals surface area contributed by atoms with Gasteiger partial charge in [-0.15, -0.1) is 0 Å². The molecule has 21 heavy (non-hydrogen) atoms. The zero-order chi connectivity index (χ0) is 15.9. The maximum Gasteiger partial charge on any atom is 0.273 e. The maximum absolute atomic E-state index is 12.1. The van der Waals surface area contributed by atoms with Crippen molar-refractivity contribution in [2.75, 3.05) is 26.8 Å². The molecule has 0 saturated carbocycles. The highest BCUT2D eigenvalue weighted by atomic mass is 32.2. The summed E-state index contributed by atoms with van der Waals surface area (Å²) in [6, 6.07) is 3.16. The van der Waals surface area contributed by atoms with E-state index in [1.807, 2.05) is 6.92 Å². The van der Waals surface area contributed by atoms with Crippen molar-refractivity contribution >= 4 is 10.0 Å². The summed E-state index contributed by atoms with van der Waals surface area (Å²) in [4.78, 5) is 0. The predicted octanol–water partition coefficient (Wildman–Crippen LogP) is 1.59. The first-order valence-electron chi connectivity index (χ1n) is 7.13. The molecular weight excluding hydrogens is 292 g/mol. The van der Waals surface area contributed by atoms with Crippen LogP contribution in [-0.2, 0) is 21.3 Å². The number of nitrogens with one attached hydrogen (secondary N) is 2. The van der Waals surface area contributed by atoms with Crippen LogP contribution in [0.5, 0.6) is 0 Å². The zero-order valence-electron chi connectivity index (χ0n) is 13.2. The molecule has 0 spiro atoms. The van der Waals surface area contributed by atoms with Crippen LogP contribution in [0.4, 0.5) is 0 Å². The molecule has 1 aromatic heterocycles. The number of methoxy groups -OCH3 is 1. The lowest BCUT2D eigenvalue weighted by molar-refractivity contribution is 0.161. The van der Waals surface area contributed by atoms with Crippen molar-refractivity contribution in [2.45, 2.75) is 32.4 Å². The number of sulfonamides is 1. The monoisotopic (exact) mass is 318 g/mol. The second-order valence-electron chi connectivity index (χ2n) is 5.66. The molecule has 7 heteroatoms. The lowest BCUT2D eigenvalue weighted by Gasteiger charge is -2.10. The van der Waals surface area contributed by atoms with Gasteiger partial charge in [-0.05, 0) is 30.5 Å². The number of ether oxygens (including phenoxy) is 1. The van der Waals surface area contributed by atoms with Crippen LogP contribution in [0.3, 0.4) is 0 Å². The molecule has 0 amide bonds. The second kappa shape index (κ2) is 8.53. The van der Waals surface area contributed by atoms with Gasteiger partial charge in [0, 0.05) is 20.3 Å². The van der Waals surface area contributed by atoms with Crippen molar-refractivity contribution in [1.29, 1.82) is 0 Å². The Kier molecular flexibility index (Phi) is 7.37. The third-order valence-corrected chi connectivity index (χ3v) is 4.12. The number of rotatable bonds is 10. The maximum atomic E-state index is 12.1. The van der Waals surface area contributed by atoms with Gasteiger partial charge in [-0.1, -0.05) is 20.8 Å². The van der Waals surface area contributed by atoms with Crippen molar-refractivity contribution in [1.82, 2.24) is 10.0 Å². The average Bonchev–Trinajstić information content (AvgIpc) is 2.86. The molecule has 2 N–H and O–H groups in total. The largest absolute Gasteiger partial charge is 0.447 e. The topological polar surface area (TPSA) is 80.6 Å². The third kappa shape index (κ3) is 6.60. The van der Waals surface area contributed by atoms with Crippen molar-refractivity contribution in [2.24, 2.45) is 11.8 Å². The fourth-order valence-corrected chi connectivity index (χ4v) is 2.86. The molecule has 0 saturated heterocycles. The predicted molar refractivity (Wildman–Crippen MR) is 81.5 cm³/mol. The molecule has 122 valence electrons. The normalized spacial score (nSPS) is 13.8. The van der Waals surface area contributed by atoms with Gasteiger partial charge in [-0.2, -0.15) is 0 Å². The molecule has 0 aliphatic heterocycles. The Hall–Kier alpha value is -0.890. The minimum Gasteiger partial charge on any atom is -0.447 e. The molecule has 1 unspecified atom stereocenters. The summed E-state index contributed by atoms with van der Waals surface area (Å²) in [5.74, 6) is 1.25. The Morgan fingerprint density at radius 3 is 2.57 bits per heavy atom. The Bertz CT molecular complexity index is 511. The lowest BCUT2D eigenvalue weighted by atomic mass is 10.2. The van der Waals surface area contributed by atoms with Crippen LogP contribution in [0, 0.1) is 11.8 Å². The molecule has 0 aliphatic rings. The van der Waals surface area contributed by atoms with E-state index < -0.39 is 10.0 Å². The van der Waals surface area contributed by atoms with E-state index in [4.69, 9.17) is 9.15 Å². The van der Waals surface area contributed by atoms with Gasteiger partial charge in [0.25, 0.3) is 10.0 Å². The number of hydrogen-bond donors (Lipinski definition) is 2. The van der Waals surface area contributed by atoms with E-state index in [0.717, 1.165) is 6.54 Å². The summed E-state index contributed by atoms with van der Waals surface area (Å²) in [5, 5.41) is 3.16. The molecule has 1 rings (SSSR count). The summed E-state index contributed by atoms with van der Waals surface area (Å²) < 4.78 is 37.0. The third-order valence-electron chi connectivity index (χ3n) is 2.83. The summed E-state index contributed by atoms with van der Waals surface area (Å²) in [5.41, 5.74) is 0. The molecule has 0 fully saturated rings. The first-order chi connectivity index (χ1) is 9.85. The van der Waals surface area contributed by atoms with E-state index in [-0.39, 0.29) is 11.0 Å². The SMILES string of the molecule is COCC(C)CNS(=O)(=O)c1ccc(CNCC(C)C)o1. The summed E-state index contributed by atoms with van der Waals surface area (Å²) in [6.45, 7) is 8.33. The molecule has 0 aromatic carbocycles. The lowest BCUT2D eigenvalue weighted by Crippen LogP contribution is -2.29. The molecule has 0 bridgehead atoms. The molecule has 6 nitrogen and oxygen atoms in total. The van der Waals surface area contributed by atoms with Crippen molar-refractivity contribution in [3.05, 3.63) is 17.9 Å². The molecule has 1 aromatic rings. The van der Waals surface area contributed by atoms with Crippen LogP contribution < -0.4 is 10.0 Å². The molecular formula is C14H26N2O4S. The zero-order valence-corrected chi connectivity index (χ0v) is 14.0. The van der Waals surface area contributed by atoms with Crippen LogP contribution in [0.2, 0.25) is 0 Å². The van der Waals surface area contributed by atoms with Gasteiger partial charge in [-0.3, -0.25) is 0 Å². The molecule has 0 radical (unpaired) electrons. The Morgan fingerprint density at radius 2 is 1.95 bits per heavy atom. The van der Waals surface area contributed by atoms with E-state index >= 15 is 0 Å². The Labute approximate surface area is 127 Å². The van der Waals surface area contributed by atoms with Crippen molar-refractivity contribution in [3.8, 4) is 0 Å². The van der Waals surface area contributed by atoms with E-state index in [0.29, 0.717) is 31.4 Å². The standard InChI is InChI=1S/C14H26N2O4S/c1-11(2)7-15-9-13-5-6-14(20-13)21(17,18)16-8-12(3)10-19-4/h5-6,11-12,15-16H,7-10H2,1-4H3. The van der Waals surface area contributed by atoms with Crippen LogP contribution in [0.25, 0.3) is 0 Å². The highest BCUT2D eigenvalue weighted by Crippen LogP contribution is 2.14. The average molecular weight is 318 g/mol. The molecule has 1 heterocycles. The van der Waals surface area contributed by atoms with Gasteiger partial charge in [0.1, 0.15) is 5.76 Å². The van der Waals surface area contributed by atoms with E-state index in [1.54, 1.807) is 13.2 Å². The summed E-state index contributed by atoms with van der Waals surface area (Å²) in [7, 11) is -2.00.